The Bertz CT molecular complexity index is 665. The fourth-order valence-corrected chi connectivity index (χ4v) is 1.98. The predicted molar refractivity (Wildman–Crippen MR) is 76.8 cm³/mol. The van der Waals surface area contributed by atoms with Gasteiger partial charge < -0.3 is 5.32 Å². The van der Waals surface area contributed by atoms with Crippen molar-refractivity contribution in [2.75, 3.05) is 5.32 Å². The molecule has 4 nitrogen and oxygen atoms in total. The zero-order valence-electron chi connectivity index (χ0n) is 10.1. The van der Waals surface area contributed by atoms with E-state index >= 15 is 0 Å². The lowest BCUT2D eigenvalue weighted by molar-refractivity contribution is -0.384. The van der Waals surface area contributed by atoms with Gasteiger partial charge in [0.1, 0.15) is 11.5 Å². The molecule has 20 heavy (non-hydrogen) atoms. The fourth-order valence-electron chi connectivity index (χ4n) is 1.66. The van der Waals surface area contributed by atoms with E-state index in [-0.39, 0.29) is 17.9 Å². The van der Waals surface area contributed by atoms with Gasteiger partial charge in [-0.15, -0.1) is 0 Å². The summed E-state index contributed by atoms with van der Waals surface area (Å²) < 4.78 is 13.2. The summed E-state index contributed by atoms with van der Waals surface area (Å²) in [7, 11) is 0. The fraction of sp³-hybridized carbons (Fsp3) is 0.0769. The van der Waals surface area contributed by atoms with Crippen LogP contribution in [0.1, 0.15) is 5.56 Å². The first-order valence-corrected chi connectivity index (χ1v) is 6.34. The molecule has 7 heteroatoms. The molecule has 0 aromatic heterocycles. The molecule has 0 amide bonds. The monoisotopic (exact) mass is 314 g/mol. The minimum absolute atomic E-state index is 0.112. The highest BCUT2D eigenvalue weighted by Gasteiger charge is 2.14. The average Bonchev–Trinajstić information content (AvgIpc) is 2.40. The highest BCUT2D eigenvalue weighted by atomic mass is 35.5. The zero-order chi connectivity index (χ0) is 14.7. The van der Waals surface area contributed by atoms with E-state index in [9.17, 15) is 14.5 Å². The molecule has 0 aliphatic rings. The molecule has 0 saturated heterocycles. The second-order valence-corrected chi connectivity index (χ2v) is 4.83. The van der Waals surface area contributed by atoms with E-state index < -0.39 is 10.7 Å². The van der Waals surface area contributed by atoms with Crippen molar-refractivity contribution in [2.45, 2.75) is 6.54 Å². The van der Waals surface area contributed by atoms with Crippen LogP contribution in [0.15, 0.2) is 36.4 Å². The number of benzene rings is 2. The minimum Gasteiger partial charge on any atom is -0.375 e. The Kier molecular flexibility index (Phi) is 4.42. The number of hydrogen-bond donors (Lipinski definition) is 1. The largest absolute Gasteiger partial charge is 0.375 e. The SMILES string of the molecule is O=[N+]([O-])c1ccc(F)cc1NCc1ccc(Cl)c(Cl)c1. The number of hydrogen-bond acceptors (Lipinski definition) is 3. The van der Waals surface area contributed by atoms with Gasteiger partial charge in [0.2, 0.25) is 0 Å². The van der Waals surface area contributed by atoms with Crippen molar-refractivity contribution >= 4 is 34.6 Å². The number of nitrogens with one attached hydrogen (secondary N) is 1. The lowest BCUT2D eigenvalue weighted by atomic mass is 10.2. The number of nitro groups is 1. The predicted octanol–water partition coefficient (Wildman–Crippen LogP) is 4.65. The van der Waals surface area contributed by atoms with E-state index in [1.807, 2.05) is 0 Å². The highest BCUT2D eigenvalue weighted by Crippen LogP contribution is 2.27. The molecule has 0 fully saturated rings. The van der Waals surface area contributed by atoms with Gasteiger partial charge in [-0.3, -0.25) is 10.1 Å². The molecule has 0 atom stereocenters. The molecule has 0 aliphatic heterocycles. The molecule has 1 N–H and O–H groups in total. The molecule has 2 aromatic rings. The first-order chi connectivity index (χ1) is 9.47. The topological polar surface area (TPSA) is 55.2 Å². The van der Waals surface area contributed by atoms with Gasteiger partial charge in [-0.2, -0.15) is 0 Å². The van der Waals surface area contributed by atoms with Crippen LogP contribution in [0.25, 0.3) is 0 Å². The van der Waals surface area contributed by atoms with Crippen molar-refractivity contribution in [1.29, 1.82) is 0 Å². The molecule has 104 valence electrons. The van der Waals surface area contributed by atoms with Gasteiger partial charge in [-0.1, -0.05) is 29.3 Å². The van der Waals surface area contributed by atoms with E-state index in [1.54, 1.807) is 18.2 Å². The standard InChI is InChI=1S/C13H9Cl2FN2O2/c14-10-3-1-8(5-11(10)15)7-17-12-6-9(16)2-4-13(12)18(19)20/h1-6,17H,7H2. The summed E-state index contributed by atoms with van der Waals surface area (Å²) in [5.74, 6) is -0.549. The summed E-state index contributed by atoms with van der Waals surface area (Å²) >= 11 is 11.7. The van der Waals surface area contributed by atoms with E-state index in [0.29, 0.717) is 10.0 Å². The molecular formula is C13H9Cl2FN2O2. The van der Waals surface area contributed by atoms with Crippen LogP contribution in [0, 0.1) is 15.9 Å². The van der Waals surface area contributed by atoms with Gasteiger partial charge in [0.15, 0.2) is 0 Å². The van der Waals surface area contributed by atoms with Crippen molar-refractivity contribution in [2.24, 2.45) is 0 Å². The normalized spacial score (nSPS) is 10.3. The molecule has 2 rings (SSSR count). The van der Waals surface area contributed by atoms with Gasteiger partial charge >= 0.3 is 0 Å². The molecule has 0 saturated carbocycles. The number of nitrogens with zero attached hydrogens (tertiary/aromatic N) is 1. The molecule has 0 heterocycles. The Morgan fingerprint density at radius 3 is 2.55 bits per heavy atom. The third-order valence-electron chi connectivity index (χ3n) is 2.62. The van der Waals surface area contributed by atoms with Gasteiger partial charge in [0.25, 0.3) is 5.69 Å². The highest BCUT2D eigenvalue weighted by molar-refractivity contribution is 6.42. The Labute approximate surface area is 124 Å². The maximum Gasteiger partial charge on any atom is 0.292 e. The molecule has 0 aliphatic carbocycles. The second-order valence-electron chi connectivity index (χ2n) is 4.02. The first-order valence-electron chi connectivity index (χ1n) is 5.59. The maximum absolute atomic E-state index is 13.2. The van der Waals surface area contributed by atoms with Crippen LogP contribution in [0.4, 0.5) is 15.8 Å². The molecule has 2 aromatic carbocycles. The lowest BCUT2D eigenvalue weighted by Gasteiger charge is -2.08. The number of anilines is 1. The van der Waals surface area contributed by atoms with E-state index in [0.717, 1.165) is 23.8 Å². The average molecular weight is 315 g/mol. The van der Waals surface area contributed by atoms with Crippen LogP contribution in [0.5, 0.6) is 0 Å². The first kappa shape index (κ1) is 14.6. The van der Waals surface area contributed by atoms with Crippen molar-refractivity contribution in [3.63, 3.8) is 0 Å². The summed E-state index contributed by atoms with van der Waals surface area (Å²) in [6.45, 7) is 0.265. The molecule has 0 unspecified atom stereocenters. The van der Waals surface area contributed by atoms with Crippen molar-refractivity contribution in [3.05, 3.63) is 67.9 Å². The van der Waals surface area contributed by atoms with E-state index in [2.05, 4.69) is 5.32 Å². The van der Waals surface area contributed by atoms with Gasteiger partial charge in [0.05, 0.1) is 15.0 Å². The van der Waals surface area contributed by atoms with Crippen LogP contribution in [-0.2, 0) is 6.54 Å². The molecule has 0 spiro atoms. The van der Waals surface area contributed by atoms with Gasteiger partial charge in [0, 0.05) is 18.7 Å². The van der Waals surface area contributed by atoms with Crippen LogP contribution in [0.2, 0.25) is 10.0 Å². The zero-order valence-corrected chi connectivity index (χ0v) is 11.6. The molecule has 0 radical (unpaired) electrons. The smallest absolute Gasteiger partial charge is 0.292 e. The number of rotatable bonds is 4. The summed E-state index contributed by atoms with van der Waals surface area (Å²) in [6, 6.07) is 8.24. The lowest BCUT2D eigenvalue weighted by Crippen LogP contribution is -2.03. The van der Waals surface area contributed by atoms with Crippen molar-refractivity contribution in [3.8, 4) is 0 Å². The quantitative estimate of drug-likeness (QED) is 0.660. The number of nitro benzene ring substituents is 1. The van der Waals surface area contributed by atoms with Gasteiger partial charge in [-0.25, -0.2) is 4.39 Å². The van der Waals surface area contributed by atoms with Crippen molar-refractivity contribution in [1.82, 2.24) is 0 Å². The van der Waals surface area contributed by atoms with E-state index in [1.165, 1.54) is 0 Å². The van der Waals surface area contributed by atoms with Crippen LogP contribution < -0.4 is 5.32 Å². The molecule has 0 bridgehead atoms. The van der Waals surface area contributed by atoms with E-state index in [4.69, 9.17) is 23.2 Å². The summed E-state index contributed by atoms with van der Waals surface area (Å²) in [5.41, 5.74) is 0.700. The Hall–Kier alpha value is -1.85. The Morgan fingerprint density at radius 1 is 1.15 bits per heavy atom. The summed E-state index contributed by atoms with van der Waals surface area (Å²) in [6.07, 6.45) is 0. The Morgan fingerprint density at radius 2 is 1.90 bits per heavy atom. The van der Waals surface area contributed by atoms with Crippen LogP contribution in [-0.4, -0.2) is 4.92 Å². The third-order valence-corrected chi connectivity index (χ3v) is 3.36. The maximum atomic E-state index is 13.2. The molecular weight excluding hydrogens is 306 g/mol. The number of halogens is 3. The third kappa shape index (κ3) is 3.37. The van der Waals surface area contributed by atoms with Crippen molar-refractivity contribution < 1.29 is 9.31 Å². The summed E-state index contributed by atoms with van der Waals surface area (Å²) in [5, 5.41) is 14.5. The minimum atomic E-state index is -0.573. The van der Waals surface area contributed by atoms with Gasteiger partial charge in [-0.05, 0) is 23.8 Å². The summed E-state index contributed by atoms with van der Waals surface area (Å²) in [4.78, 5) is 10.3. The Balaban J connectivity index is 2.20. The second kappa shape index (κ2) is 6.07. The van der Waals surface area contributed by atoms with Crippen LogP contribution in [0.3, 0.4) is 0 Å². The van der Waals surface area contributed by atoms with Crippen LogP contribution >= 0.6 is 23.2 Å².